The van der Waals surface area contributed by atoms with Crippen LogP contribution in [0.4, 0.5) is 0 Å². The van der Waals surface area contributed by atoms with Crippen LogP contribution in [-0.2, 0) is 20.7 Å². The lowest BCUT2D eigenvalue weighted by molar-refractivity contribution is -0.148. The number of aliphatic hydroxyl groups is 1. The summed E-state index contributed by atoms with van der Waals surface area (Å²) in [6, 6.07) is 7.75. The smallest absolute Gasteiger partial charge is 0.328 e. The molecule has 21 heavy (non-hydrogen) atoms. The van der Waals surface area contributed by atoms with E-state index < -0.39 is 30.1 Å². The fourth-order valence-electron chi connectivity index (χ4n) is 1.82. The molecule has 0 aromatic heterocycles. The summed E-state index contributed by atoms with van der Waals surface area (Å²) >= 11 is 0. The molecule has 0 bridgehead atoms. The number of rotatable bonds is 7. The number of hydrogen-bond acceptors (Lipinski definition) is 5. The molecular formula is C15H22N2O4. The van der Waals surface area contributed by atoms with E-state index in [1.54, 1.807) is 6.92 Å². The van der Waals surface area contributed by atoms with Gasteiger partial charge in [-0.25, -0.2) is 4.79 Å². The Morgan fingerprint density at radius 1 is 1.33 bits per heavy atom. The number of nitrogens with one attached hydrogen (secondary N) is 1. The SMILES string of the molecule is CCOC(=O)C(C)NC(=O)C(O)C(N)Cc1ccccc1. The lowest BCUT2D eigenvalue weighted by Gasteiger charge is -2.20. The first kappa shape index (κ1) is 17.1. The lowest BCUT2D eigenvalue weighted by Crippen LogP contribution is -2.51. The molecule has 1 aromatic rings. The molecule has 6 nitrogen and oxygen atoms in total. The highest BCUT2D eigenvalue weighted by atomic mass is 16.5. The van der Waals surface area contributed by atoms with Crippen molar-refractivity contribution in [3.8, 4) is 0 Å². The molecule has 0 spiro atoms. The molecule has 1 rings (SSSR count). The van der Waals surface area contributed by atoms with Crippen molar-refractivity contribution >= 4 is 11.9 Å². The molecule has 0 aliphatic carbocycles. The summed E-state index contributed by atoms with van der Waals surface area (Å²) in [5.74, 6) is -1.23. The molecule has 0 radical (unpaired) electrons. The number of benzene rings is 1. The summed E-state index contributed by atoms with van der Waals surface area (Å²) in [4.78, 5) is 23.3. The van der Waals surface area contributed by atoms with Gasteiger partial charge in [0.15, 0.2) is 0 Å². The molecule has 3 unspecified atom stereocenters. The second-order valence-corrected chi connectivity index (χ2v) is 4.78. The Hall–Kier alpha value is -1.92. The van der Waals surface area contributed by atoms with E-state index in [1.165, 1.54) is 6.92 Å². The van der Waals surface area contributed by atoms with E-state index in [1.807, 2.05) is 30.3 Å². The quantitative estimate of drug-likeness (QED) is 0.614. The highest BCUT2D eigenvalue weighted by Crippen LogP contribution is 2.05. The monoisotopic (exact) mass is 294 g/mol. The Morgan fingerprint density at radius 3 is 2.52 bits per heavy atom. The Morgan fingerprint density at radius 2 is 1.95 bits per heavy atom. The molecule has 6 heteroatoms. The van der Waals surface area contributed by atoms with E-state index in [0.717, 1.165) is 5.56 Å². The van der Waals surface area contributed by atoms with Gasteiger partial charge in [-0.15, -0.1) is 0 Å². The minimum Gasteiger partial charge on any atom is -0.464 e. The number of aliphatic hydroxyl groups excluding tert-OH is 1. The van der Waals surface area contributed by atoms with Gasteiger partial charge >= 0.3 is 5.97 Å². The minimum absolute atomic E-state index is 0.231. The third-order valence-corrected chi connectivity index (χ3v) is 2.99. The third kappa shape index (κ3) is 5.53. The van der Waals surface area contributed by atoms with E-state index in [0.29, 0.717) is 6.42 Å². The highest BCUT2D eigenvalue weighted by Gasteiger charge is 2.26. The normalized spacial score (nSPS) is 14.9. The molecule has 0 fully saturated rings. The molecule has 116 valence electrons. The van der Waals surface area contributed by atoms with E-state index >= 15 is 0 Å². The Labute approximate surface area is 124 Å². The van der Waals surface area contributed by atoms with Crippen LogP contribution in [0.25, 0.3) is 0 Å². The zero-order chi connectivity index (χ0) is 15.8. The first-order valence-electron chi connectivity index (χ1n) is 6.90. The van der Waals surface area contributed by atoms with Crippen LogP contribution in [0.1, 0.15) is 19.4 Å². The average molecular weight is 294 g/mol. The van der Waals surface area contributed by atoms with Gasteiger partial charge in [0.05, 0.1) is 6.61 Å². The number of esters is 1. The summed E-state index contributed by atoms with van der Waals surface area (Å²) in [6.45, 7) is 3.40. The van der Waals surface area contributed by atoms with Crippen molar-refractivity contribution in [2.75, 3.05) is 6.61 Å². The van der Waals surface area contributed by atoms with E-state index in [9.17, 15) is 14.7 Å². The first-order valence-corrected chi connectivity index (χ1v) is 6.90. The van der Waals surface area contributed by atoms with Crippen LogP contribution in [0.3, 0.4) is 0 Å². The van der Waals surface area contributed by atoms with Gasteiger partial charge in [0.25, 0.3) is 5.91 Å². The number of carbonyl (C=O) groups is 2. The van der Waals surface area contributed by atoms with E-state index in [4.69, 9.17) is 10.5 Å². The topological polar surface area (TPSA) is 102 Å². The van der Waals surface area contributed by atoms with Crippen molar-refractivity contribution in [1.82, 2.24) is 5.32 Å². The molecule has 1 amide bonds. The molecule has 4 N–H and O–H groups in total. The zero-order valence-electron chi connectivity index (χ0n) is 12.3. The van der Waals surface area contributed by atoms with Crippen LogP contribution in [0.15, 0.2) is 30.3 Å². The fourth-order valence-corrected chi connectivity index (χ4v) is 1.82. The van der Waals surface area contributed by atoms with Crippen LogP contribution >= 0.6 is 0 Å². The van der Waals surface area contributed by atoms with E-state index in [-0.39, 0.29) is 6.61 Å². The van der Waals surface area contributed by atoms with Gasteiger partial charge in [-0.3, -0.25) is 4.79 Å². The maximum absolute atomic E-state index is 11.8. The highest BCUT2D eigenvalue weighted by molar-refractivity contribution is 5.87. The molecule has 0 saturated heterocycles. The molecular weight excluding hydrogens is 272 g/mol. The second-order valence-electron chi connectivity index (χ2n) is 4.78. The lowest BCUT2D eigenvalue weighted by atomic mass is 10.0. The third-order valence-electron chi connectivity index (χ3n) is 2.99. The number of carbonyl (C=O) groups excluding carboxylic acids is 2. The van der Waals surface area contributed by atoms with Gasteiger partial charge < -0.3 is 20.9 Å². The van der Waals surface area contributed by atoms with Crippen molar-refractivity contribution in [3.05, 3.63) is 35.9 Å². The van der Waals surface area contributed by atoms with Crippen LogP contribution < -0.4 is 11.1 Å². The summed E-state index contributed by atoms with van der Waals surface area (Å²) in [6.07, 6.45) is -1.02. The summed E-state index contributed by atoms with van der Waals surface area (Å²) in [5.41, 5.74) is 6.76. The van der Waals surface area contributed by atoms with Crippen LogP contribution in [0, 0.1) is 0 Å². The second kappa shape index (κ2) is 8.39. The van der Waals surface area contributed by atoms with Crippen molar-refractivity contribution in [2.24, 2.45) is 5.73 Å². The number of hydrogen-bond donors (Lipinski definition) is 3. The van der Waals surface area contributed by atoms with Gasteiger partial charge in [-0.2, -0.15) is 0 Å². The van der Waals surface area contributed by atoms with Gasteiger partial charge in [0.1, 0.15) is 12.1 Å². The van der Waals surface area contributed by atoms with Gasteiger partial charge in [-0.1, -0.05) is 30.3 Å². The molecule has 0 aliphatic rings. The largest absolute Gasteiger partial charge is 0.464 e. The average Bonchev–Trinajstić information content (AvgIpc) is 2.47. The Kier molecular flexibility index (Phi) is 6.84. The molecule has 3 atom stereocenters. The van der Waals surface area contributed by atoms with Crippen LogP contribution in [0.2, 0.25) is 0 Å². The Bertz CT molecular complexity index is 464. The van der Waals surface area contributed by atoms with Gasteiger partial charge in [0.2, 0.25) is 0 Å². The molecule has 0 saturated carbocycles. The predicted molar refractivity (Wildman–Crippen MR) is 78.4 cm³/mol. The van der Waals surface area contributed by atoms with Gasteiger partial charge in [-0.05, 0) is 25.8 Å². The van der Waals surface area contributed by atoms with E-state index in [2.05, 4.69) is 5.32 Å². The minimum atomic E-state index is -1.39. The summed E-state index contributed by atoms with van der Waals surface area (Å²) < 4.78 is 4.77. The Balaban J connectivity index is 2.51. The summed E-state index contributed by atoms with van der Waals surface area (Å²) in [7, 11) is 0. The number of amides is 1. The van der Waals surface area contributed by atoms with Crippen LogP contribution in [-0.4, -0.2) is 41.8 Å². The maximum Gasteiger partial charge on any atom is 0.328 e. The molecule has 0 aliphatic heterocycles. The number of nitrogens with two attached hydrogens (primary N) is 1. The van der Waals surface area contributed by atoms with Crippen molar-refractivity contribution in [2.45, 2.75) is 38.5 Å². The van der Waals surface area contributed by atoms with Gasteiger partial charge in [0, 0.05) is 6.04 Å². The van der Waals surface area contributed by atoms with Crippen molar-refractivity contribution in [3.63, 3.8) is 0 Å². The van der Waals surface area contributed by atoms with Crippen LogP contribution in [0.5, 0.6) is 0 Å². The zero-order valence-corrected chi connectivity index (χ0v) is 12.3. The maximum atomic E-state index is 11.8. The first-order chi connectivity index (χ1) is 9.95. The fraction of sp³-hybridized carbons (Fsp3) is 0.467. The standard InChI is InChI=1S/C15H22N2O4/c1-3-21-15(20)10(2)17-14(19)13(18)12(16)9-11-7-5-4-6-8-11/h4-8,10,12-13,18H,3,9,16H2,1-2H3,(H,17,19). The van der Waals surface area contributed by atoms with Crippen molar-refractivity contribution < 1.29 is 19.4 Å². The van der Waals surface area contributed by atoms with Crippen molar-refractivity contribution in [1.29, 1.82) is 0 Å². The molecule has 0 heterocycles. The predicted octanol–water partition coefficient (Wildman–Crippen LogP) is -0.0149. The number of ether oxygens (including phenoxy) is 1. The summed E-state index contributed by atoms with van der Waals surface area (Å²) in [5, 5.41) is 12.3. The molecule has 1 aromatic carbocycles.